The maximum absolute atomic E-state index is 12.1. The number of nitrogens with one attached hydrogen (secondary N) is 1. The van der Waals surface area contributed by atoms with E-state index in [1.165, 1.54) is 24.3 Å². The Morgan fingerprint density at radius 2 is 1.74 bits per heavy atom. The first kappa shape index (κ1) is 24.2. The van der Waals surface area contributed by atoms with Crippen LogP contribution in [0.4, 0.5) is 5.69 Å². The SMILES string of the molecule is CC(OC(=O)CCNC(=O)CCC(=O)c1ccccc1)c1nnc(-c2ccc([N+](=O)[O-])cc2)o1. The smallest absolute Gasteiger partial charge is 0.308 e. The molecule has 1 aromatic heterocycles. The zero-order chi connectivity index (χ0) is 24.5. The van der Waals surface area contributed by atoms with Crippen LogP contribution in [0, 0.1) is 10.1 Å². The van der Waals surface area contributed by atoms with Crippen LogP contribution >= 0.6 is 0 Å². The molecular weight excluding hydrogens is 444 g/mol. The van der Waals surface area contributed by atoms with Crippen LogP contribution in [-0.2, 0) is 14.3 Å². The Balaban J connectivity index is 1.40. The molecule has 1 atom stereocenters. The zero-order valence-electron chi connectivity index (χ0n) is 18.3. The monoisotopic (exact) mass is 466 g/mol. The van der Waals surface area contributed by atoms with Crippen LogP contribution < -0.4 is 5.32 Å². The lowest BCUT2D eigenvalue weighted by Gasteiger charge is -2.10. The minimum absolute atomic E-state index is 0.0204. The zero-order valence-corrected chi connectivity index (χ0v) is 18.3. The number of aromatic nitrogens is 2. The van der Waals surface area contributed by atoms with Crippen LogP contribution in [0.3, 0.4) is 0 Å². The van der Waals surface area contributed by atoms with Crippen LogP contribution in [0.2, 0.25) is 0 Å². The lowest BCUT2D eigenvalue weighted by molar-refractivity contribution is -0.384. The second-order valence-corrected chi connectivity index (χ2v) is 7.27. The van der Waals surface area contributed by atoms with E-state index in [0.717, 1.165) is 0 Å². The Morgan fingerprint density at radius 3 is 2.41 bits per heavy atom. The van der Waals surface area contributed by atoms with Crippen molar-refractivity contribution in [3.05, 3.63) is 76.2 Å². The van der Waals surface area contributed by atoms with Crippen LogP contribution in [0.1, 0.15) is 48.5 Å². The summed E-state index contributed by atoms with van der Waals surface area (Å²) in [6.07, 6.45) is -0.810. The molecule has 0 fully saturated rings. The number of ketones is 1. The number of hydrogen-bond donors (Lipinski definition) is 1. The van der Waals surface area contributed by atoms with Gasteiger partial charge in [-0.25, -0.2) is 0 Å². The molecule has 3 rings (SSSR count). The predicted octanol–water partition coefficient (Wildman–Crippen LogP) is 3.42. The van der Waals surface area contributed by atoms with Crippen molar-refractivity contribution in [2.45, 2.75) is 32.3 Å². The van der Waals surface area contributed by atoms with Crippen LogP contribution in [0.25, 0.3) is 11.5 Å². The topological polar surface area (TPSA) is 155 Å². The van der Waals surface area contributed by atoms with Crippen molar-refractivity contribution in [2.24, 2.45) is 0 Å². The first-order valence-electron chi connectivity index (χ1n) is 10.5. The van der Waals surface area contributed by atoms with E-state index in [-0.39, 0.29) is 55.0 Å². The molecule has 0 saturated heterocycles. The molecule has 0 saturated carbocycles. The average Bonchev–Trinajstić information content (AvgIpc) is 3.34. The van der Waals surface area contributed by atoms with E-state index in [4.69, 9.17) is 9.15 Å². The highest BCUT2D eigenvalue weighted by Crippen LogP contribution is 2.24. The van der Waals surface area contributed by atoms with Gasteiger partial charge < -0.3 is 14.5 Å². The minimum Gasteiger partial charge on any atom is -0.453 e. The first-order chi connectivity index (χ1) is 16.3. The van der Waals surface area contributed by atoms with E-state index >= 15 is 0 Å². The van der Waals surface area contributed by atoms with Gasteiger partial charge in [-0.1, -0.05) is 30.3 Å². The van der Waals surface area contributed by atoms with Gasteiger partial charge in [-0.15, -0.1) is 10.2 Å². The van der Waals surface area contributed by atoms with Crippen molar-refractivity contribution >= 4 is 23.3 Å². The Labute approximate surface area is 194 Å². The number of rotatable bonds is 11. The van der Waals surface area contributed by atoms with Gasteiger partial charge in [-0.2, -0.15) is 0 Å². The molecule has 1 unspecified atom stereocenters. The third kappa shape index (κ3) is 6.79. The van der Waals surface area contributed by atoms with Gasteiger partial charge in [0.15, 0.2) is 11.9 Å². The highest BCUT2D eigenvalue weighted by molar-refractivity contribution is 5.97. The van der Waals surface area contributed by atoms with Crippen molar-refractivity contribution in [3.63, 3.8) is 0 Å². The third-order valence-electron chi connectivity index (χ3n) is 4.75. The summed E-state index contributed by atoms with van der Waals surface area (Å²) in [4.78, 5) is 46.2. The van der Waals surface area contributed by atoms with Gasteiger partial charge in [0.25, 0.3) is 11.6 Å². The van der Waals surface area contributed by atoms with E-state index in [2.05, 4.69) is 15.5 Å². The largest absolute Gasteiger partial charge is 0.453 e. The molecular formula is C23H22N4O7. The number of esters is 1. The van der Waals surface area contributed by atoms with Crippen LogP contribution in [-0.4, -0.2) is 39.3 Å². The summed E-state index contributed by atoms with van der Waals surface area (Å²) in [5.74, 6) is -0.857. The molecule has 0 aliphatic carbocycles. The number of Topliss-reactive ketones (excluding diaryl/α,β-unsaturated/α-hetero) is 1. The second kappa shape index (κ2) is 11.5. The predicted molar refractivity (Wildman–Crippen MR) is 119 cm³/mol. The van der Waals surface area contributed by atoms with Gasteiger partial charge in [0.1, 0.15) is 0 Å². The Bertz CT molecular complexity index is 1160. The molecule has 34 heavy (non-hydrogen) atoms. The number of benzene rings is 2. The number of nitro benzene ring substituents is 1. The number of carbonyl (C=O) groups is 3. The standard InChI is InChI=1S/C23H22N4O7/c1-15(22-25-26-23(34-22)17-7-9-18(10-8-17)27(31)32)33-21(30)13-14-24-20(29)12-11-19(28)16-5-3-2-4-6-16/h2-10,15H,11-14H2,1H3,(H,24,29). The molecule has 1 N–H and O–H groups in total. The number of nitrogens with zero attached hydrogens (tertiary/aromatic N) is 3. The quantitative estimate of drug-likeness (QED) is 0.194. The van der Waals surface area contributed by atoms with Crippen molar-refractivity contribution in [1.29, 1.82) is 0 Å². The molecule has 1 amide bonds. The van der Waals surface area contributed by atoms with Gasteiger partial charge in [0.05, 0.1) is 11.3 Å². The molecule has 2 aromatic carbocycles. The fourth-order valence-electron chi connectivity index (χ4n) is 2.94. The summed E-state index contributed by atoms with van der Waals surface area (Å²) in [5, 5.41) is 21.0. The number of non-ortho nitro benzene ring substituents is 1. The third-order valence-corrected chi connectivity index (χ3v) is 4.75. The molecule has 1 heterocycles. The Kier molecular flexibility index (Phi) is 8.16. The van der Waals surface area contributed by atoms with E-state index < -0.39 is 17.0 Å². The van der Waals surface area contributed by atoms with Crippen molar-refractivity contribution < 1.29 is 28.5 Å². The molecule has 0 bridgehead atoms. The molecule has 3 aromatic rings. The summed E-state index contributed by atoms with van der Waals surface area (Å²) in [5.41, 5.74) is 0.961. The molecule has 0 aliphatic heterocycles. The van der Waals surface area contributed by atoms with E-state index in [0.29, 0.717) is 11.1 Å². The van der Waals surface area contributed by atoms with Crippen molar-refractivity contribution in [1.82, 2.24) is 15.5 Å². The molecule has 0 aliphatic rings. The number of ether oxygens (including phenoxy) is 1. The summed E-state index contributed by atoms with van der Waals surface area (Å²) in [6.45, 7) is 1.61. The summed E-state index contributed by atoms with van der Waals surface area (Å²) in [7, 11) is 0. The van der Waals surface area contributed by atoms with Gasteiger partial charge in [0.2, 0.25) is 11.8 Å². The summed E-state index contributed by atoms with van der Waals surface area (Å²) < 4.78 is 10.7. The summed E-state index contributed by atoms with van der Waals surface area (Å²) >= 11 is 0. The number of hydrogen-bond acceptors (Lipinski definition) is 9. The molecule has 11 nitrogen and oxygen atoms in total. The van der Waals surface area contributed by atoms with Crippen LogP contribution in [0.5, 0.6) is 0 Å². The normalized spacial score (nSPS) is 11.4. The maximum Gasteiger partial charge on any atom is 0.308 e. The minimum atomic E-state index is -0.828. The number of amides is 1. The fraction of sp³-hybridized carbons (Fsp3) is 0.261. The van der Waals surface area contributed by atoms with E-state index in [1.807, 2.05) is 0 Å². The van der Waals surface area contributed by atoms with Crippen LogP contribution in [0.15, 0.2) is 59.0 Å². The first-order valence-corrected chi connectivity index (χ1v) is 10.5. The van der Waals surface area contributed by atoms with Gasteiger partial charge in [0, 0.05) is 42.6 Å². The Morgan fingerprint density at radius 1 is 1.03 bits per heavy atom. The number of nitro groups is 1. The van der Waals surface area contributed by atoms with Crippen molar-refractivity contribution in [2.75, 3.05) is 6.54 Å². The highest BCUT2D eigenvalue weighted by Gasteiger charge is 2.19. The average molecular weight is 466 g/mol. The molecule has 0 spiro atoms. The molecule has 176 valence electrons. The van der Waals surface area contributed by atoms with Gasteiger partial charge in [-0.05, 0) is 19.1 Å². The van der Waals surface area contributed by atoms with Gasteiger partial charge in [-0.3, -0.25) is 24.5 Å². The summed E-state index contributed by atoms with van der Waals surface area (Å²) in [6, 6.07) is 14.3. The maximum atomic E-state index is 12.1. The second-order valence-electron chi connectivity index (χ2n) is 7.27. The lowest BCUT2D eigenvalue weighted by Crippen LogP contribution is -2.27. The van der Waals surface area contributed by atoms with Gasteiger partial charge >= 0.3 is 5.97 Å². The van der Waals surface area contributed by atoms with E-state index in [1.54, 1.807) is 37.3 Å². The molecule has 0 radical (unpaired) electrons. The van der Waals surface area contributed by atoms with E-state index in [9.17, 15) is 24.5 Å². The Hall–Kier alpha value is -4.41. The highest BCUT2D eigenvalue weighted by atomic mass is 16.6. The lowest BCUT2D eigenvalue weighted by atomic mass is 10.1. The molecule has 11 heteroatoms. The fourth-order valence-corrected chi connectivity index (χ4v) is 2.94. The number of carbonyl (C=O) groups excluding carboxylic acids is 3. The van der Waals surface area contributed by atoms with Crippen molar-refractivity contribution in [3.8, 4) is 11.5 Å².